The quantitative estimate of drug-likeness (QED) is 0.352. The van der Waals surface area contributed by atoms with Gasteiger partial charge in [0.25, 0.3) is 0 Å². The van der Waals surface area contributed by atoms with Gasteiger partial charge >= 0.3 is 0 Å². The lowest BCUT2D eigenvalue weighted by molar-refractivity contribution is -0.125. The summed E-state index contributed by atoms with van der Waals surface area (Å²) in [6.07, 6.45) is 3.55. The van der Waals surface area contributed by atoms with E-state index in [-0.39, 0.29) is 11.8 Å². The van der Waals surface area contributed by atoms with Gasteiger partial charge < -0.3 is 15.5 Å². The van der Waals surface area contributed by atoms with E-state index in [9.17, 15) is 4.79 Å². The Morgan fingerprint density at radius 3 is 2.58 bits per heavy atom. The van der Waals surface area contributed by atoms with Crippen LogP contribution in [0.1, 0.15) is 29.5 Å². The first kappa shape index (κ1) is 23.5. The number of nitrogens with one attached hydrogen (secondary N) is 3. The molecule has 184 valence electrons. The summed E-state index contributed by atoms with van der Waals surface area (Å²) in [5, 5.41) is 13.7. The van der Waals surface area contributed by atoms with Crippen LogP contribution in [0.4, 0.5) is 17.6 Å². The van der Waals surface area contributed by atoms with E-state index in [2.05, 4.69) is 93.1 Å². The smallest absolute Gasteiger partial charge is 0.230 e. The second kappa shape index (κ2) is 10.6. The number of aryl methyl sites for hydroxylation is 2. The van der Waals surface area contributed by atoms with Crippen molar-refractivity contribution in [3.05, 3.63) is 83.6 Å². The van der Waals surface area contributed by atoms with Crippen LogP contribution in [0, 0.1) is 19.8 Å². The number of anilines is 3. The van der Waals surface area contributed by atoms with Crippen LogP contribution in [-0.2, 0) is 11.3 Å². The van der Waals surface area contributed by atoms with Crippen molar-refractivity contribution in [2.45, 2.75) is 33.2 Å². The van der Waals surface area contributed by atoms with Crippen molar-refractivity contribution in [3.63, 3.8) is 0 Å². The molecule has 2 aromatic carbocycles. The summed E-state index contributed by atoms with van der Waals surface area (Å²) in [6.45, 7) is 6.17. The molecule has 1 aliphatic rings. The number of H-pyrrole nitrogens is 1. The van der Waals surface area contributed by atoms with Crippen molar-refractivity contribution in [1.29, 1.82) is 0 Å². The van der Waals surface area contributed by atoms with Crippen LogP contribution in [0.2, 0.25) is 0 Å². The van der Waals surface area contributed by atoms with Crippen molar-refractivity contribution in [2.24, 2.45) is 5.92 Å². The summed E-state index contributed by atoms with van der Waals surface area (Å²) in [7, 11) is 0. The SMILES string of the molecule is Cc1ccc(CNC(=O)[C@H]2CCCN(c3ccnc(Nc4cc(-c5ccc(C)cc5)[nH]n4)n3)C2)cc1. The molecule has 3 heterocycles. The second-order valence-electron chi connectivity index (χ2n) is 9.38. The highest BCUT2D eigenvalue weighted by Gasteiger charge is 2.26. The Labute approximate surface area is 211 Å². The van der Waals surface area contributed by atoms with Crippen molar-refractivity contribution in [1.82, 2.24) is 25.5 Å². The van der Waals surface area contributed by atoms with Gasteiger partial charge in [-0.3, -0.25) is 9.89 Å². The second-order valence-corrected chi connectivity index (χ2v) is 9.38. The Balaban J connectivity index is 1.20. The zero-order valence-electron chi connectivity index (χ0n) is 20.7. The Kier molecular flexibility index (Phi) is 6.93. The van der Waals surface area contributed by atoms with E-state index >= 15 is 0 Å². The lowest BCUT2D eigenvalue weighted by Crippen LogP contribution is -2.43. The third kappa shape index (κ3) is 5.71. The van der Waals surface area contributed by atoms with E-state index < -0.39 is 0 Å². The van der Waals surface area contributed by atoms with Gasteiger partial charge in [0.15, 0.2) is 5.82 Å². The number of amides is 1. The maximum Gasteiger partial charge on any atom is 0.230 e. The predicted octanol–water partition coefficient (Wildman–Crippen LogP) is 4.76. The highest BCUT2D eigenvalue weighted by Crippen LogP contribution is 2.25. The Hall–Kier alpha value is -4.20. The monoisotopic (exact) mass is 481 g/mol. The Morgan fingerprint density at radius 2 is 1.81 bits per heavy atom. The molecule has 1 aliphatic heterocycles. The van der Waals surface area contributed by atoms with E-state index in [1.54, 1.807) is 6.20 Å². The molecule has 2 aromatic heterocycles. The van der Waals surface area contributed by atoms with Crippen LogP contribution >= 0.6 is 0 Å². The summed E-state index contributed by atoms with van der Waals surface area (Å²) >= 11 is 0. The average molecular weight is 482 g/mol. The molecule has 36 heavy (non-hydrogen) atoms. The number of hydrogen-bond acceptors (Lipinski definition) is 6. The topological polar surface area (TPSA) is 98.8 Å². The third-order valence-electron chi connectivity index (χ3n) is 6.52. The highest BCUT2D eigenvalue weighted by molar-refractivity contribution is 5.79. The fourth-order valence-electron chi connectivity index (χ4n) is 4.41. The largest absolute Gasteiger partial charge is 0.356 e. The fourth-order valence-corrected chi connectivity index (χ4v) is 4.41. The summed E-state index contributed by atoms with van der Waals surface area (Å²) < 4.78 is 0. The molecular weight excluding hydrogens is 450 g/mol. The van der Waals surface area contributed by atoms with Crippen molar-refractivity contribution >= 4 is 23.5 Å². The number of carbonyl (C=O) groups is 1. The van der Waals surface area contributed by atoms with Crippen LogP contribution in [0.3, 0.4) is 0 Å². The first-order chi connectivity index (χ1) is 17.5. The maximum atomic E-state index is 12.9. The maximum absolute atomic E-state index is 12.9. The molecule has 0 saturated carbocycles. The lowest BCUT2D eigenvalue weighted by Gasteiger charge is -2.33. The Bertz CT molecular complexity index is 1310. The molecule has 1 fully saturated rings. The van der Waals surface area contributed by atoms with E-state index in [0.717, 1.165) is 42.0 Å². The Morgan fingerprint density at radius 1 is 1.06 bits per heavy atom. The molecule has 0 radical (unpaired) electrons. The minimum atomic E-state index is -0.0704. The minimum Gasteiger partial charge on any atom is -0.356 e. The molecule has 1 amide bonds. The summed E-state index contributed by atoms with van der Waals surface area (Å²) in [5.41, 5.74) is 5.52. The van der Waals surface area contributed by atoms with E-state index in [4.69, 9.17) is 4.98 Å². The fraction of sp³-hybridized carbons (Fsp3) is 0.286. The zero-order valence-corrected chi connectivity index (χ0v) is 20.7. The molecule has 3 N–H and O–H groups in total. The number of aromatic nitrogens is 4. The number of piperidine rings is 1. The van der Waals surface area contributed by atoms with E-state index in [0.29, 0.717) is 24.9 Å². The molecule has 4 aromatic rings. The predicted molar refractivity (Wildman–Crippen MR) is 142 cm³/mol. The lowest BCUT2D eigenvalue weighted by atomic mass is 9.97. The summed E-state index contributed by atoms with van der Waals surface area (Å²) in [5.74, 6) is 1.94. The van der Waals surface area contributed by atoms with Gasteiger partial charge in [-0.1, -0.05) is 59.7 Å². The first-order valence-corrected chi connectivity index (χ1v) is 12.3. The van der Waals surface area contributed by atoms with Gasteiger partial charge in [0, 0.05) is 31.9 Å². The van der Waals surface area contributed by atoms with Crippen LogP contribution in [0.15, 0.2) is 66.9 Å². The van der Waals surface area contributed by atoms with Crippen molar-refractivity contribution in [2.75, 3.05) is 23.3 Å². The third-order valence-corrected chi connectivity index (χ3v) is 6.52. The molecular formula is C28H31N7O. The number of hydrogen-bond donors (Lipinski definition) is 3. The first-order valence-electron chi connectivity index (χ1n) is 12.3. The molecule has 0 spiro atoms. The van der Waals surface area contributed by atoms with Gasteiger partial charge in [-0.15, -0.1) is 0 Å². The van der Waals surface area contributed by atoms with Gasteiger partial charge in [0.2, 0.25) is 11.9 Å². The van der Waals surface area contributed by atoms with Crippen molar-refractivity contribution < 1.29 is 4.79 Å². The standard InChI is InChI=1S/C28H31N7O/c1-19-5-9-21(10-6-19)17-30-27(36)23-4-3-15-35(18-23)26-13-14-29-28(32-26)31-25-16-24(33-34-25)22-11-7-20(2)8-12-22/h5-14,16,23H,3-4,15,17-18H2,1-2H3,(H,30,36)(H2,29,31,32,33,34)/t23-/m0/s1. The normalized spacial score (nSPS) is 15.5. The van der Waals surface area contributed by atoms with E-state index in [1.807, 2.05) is 12.1 Å². The number of rotatable bonds is 7. The van der Waals surface area contributed by atoms with Crippen LogP contribution < -0.4 is 15.5 Å². The van der Waals surface area contributed by atoms with Gasteiger partial charge in [-0.2, -0.15) is 10.1 Å². The van der Waals surface area contributed by atoms with Gasteiger partial charge in [-0.05, 0) is 43.9 Å². The molecule has 0 aliphatic carbocycles. The highest BCUT2D eigenvalue weighted by atomic mass is 16.1. The molecule has 0 unspecified atom stereocenters. The van der Waals surface area contributed by atoms with Crippen LogP contribution in [0.25, 0.3) is 11.3 Å². The zero-order chi connectivity index (χ0) is 24.9. The van der Waals surface area contributed by atoms with Gasteiger partial charge in [-0.25, -0.2) is 4.98 Å². The average Bonchev–Trinajstić information content (AvgIpc) is 3.37. The van der Waals surface area contributed by atoms with Crippen LogP contribution in [-0.4, -0.2) is 39.2 Å². The molecule has 5 rings (SSSR count). The van der Waals surface area contributed by atoms with Crippen LogP contribution in [0.5, 0.6) is 0 Å². The molecule has 1 saturated heterocycles. The molecule has 8 heteroatoms. The van der Waals surface area contributed by atoms with E-state index in [1.165, 1.54) is 11.1 Å². The number of aromatic amines is 1. The summed E-state index contributed by atoms with van der Waals surface area (Å²) in [6, 6.07) is 20.3. The number of nitrogens with zero attached hydrogens (tertiary/aromatic N) is 4. The minimum absolute atomic E-state index is 0.0704. The van der Waals surface area contributed by atoms with Gasteiger partial charge in [0.1, 0.15) is 5.82 Å². The molecule has 8 nitrogen and oxygen atoms in total. The molecule has 0 bridgehead atoms. The van der Waals surface area contributed by atoms with Gasteiger partial charge in [0.05, 0.1) is 11.6 Å². The van der Waals surface area contributed by atoms with Crippen molar-refractivity contribution in [3.8, 4) is 11.3 Å². The molecule has 1 atom stereocenters. The summed E-state index contributed by atoms with van der Waals surface area (Å²) in [4.78, 5) is 24.1. The number of carbonyl (C=O) groups excluding carboxylic acids is 1. The number of benzene rings is 2.